The van der Waals surface area contributed by atoms with Crippen molar-refractivity contribution < 1.29 is 8.91 Å². The van der Waals surface area contributed by atoms with E-state index in [0.717, 1.165) is 30.2 Å². The van der Waals surface area contributed by atoms with Gasteiger partial charge in [0.15, 0.2) is 0 Å². The number of tetrazole rings is 1. The first-order valence-electron chi connectivity index (χ1n) is 9.70. The fraction of sp³-hybridized carbons (Fsp3) is 0.526. The van der Waals surface area contributed by atoms with Crippen LogP contribution in [-0.2, 0) is 6.42 Å². The third kappa shape index (κ3) is 4.40. The van der Waals surface area contributed by atoms with E-state index in [9.17, 15) is 4.39 Å². The van der Waals surface area contributed by atoms with Crippen molar-refractivity contribution in [1.29, 1.82) is 0 Å². The van der Waals surface area contributed by atoms with Gasteiger partial charge >= 0.3 is 0 Å². The molecule has 2 heterocycles. The molecule has 4 rings (SSSR count). The van der Waals surface area contributed by atoms with E-state index in [1.807, 2.05) is 4.68 Å². The number of nitrogens with zero attached hydrogens (tertiary/aromatic N) is 6. The Hall–Kier alpha value is -2.29. The molecule has 2 aromatic heterocycles. The van der Waals surface area contributed by atoms with Crippen molar-refractivity contribution in [3.05, 3.63) is 35.5 Å². The highest BCUT2D eigenvalue weighted by Crippen LogP contribution is 2.30. The number of benzene rings is 1. The molecule has 0 spiro atoms. The zero-order chi connectivity index (χ0) is 19.3. The molecule has 0 aliphatic heterocycles. The highest BCUT2D eigenvalue weighted by molar-refractivity contribution is 7.99. The van der Waals surface area contributed by atoms with Gasteiger partial charge in [-0.3, -0.25) is 0 Å². The van der Waals surface area contributed by atoms with Gasteiger partial charge in [-0.1, -0.05) is 48.3 Å². The van der Waals surface area contributed by atoms with Crippen molar-refractivity contribution in [2.24, 2.45) is 0 Å². The van der Waals surface area contributed by atoms with E-state index >= 15 is 0 Å². The number of thioether (sulfide) groups is 1. The van der Waals surface area contributed by atoms with Gasteiger partial charge in [-0.25, -0.2) is 9.07 Å². The Morgan fingerprint density at radius 1 is 1.25 bits per heavy atom. The Morgan fingerprint density at radius 3 is 2.93 bits per heavy atom. The molecule has 0 bridgehead atoms. The van der Waals surface area contributed by atoms with E-state index < -0.39 is 0 Å². The molecule has 28 heavy (non-hydrogen) atoms. The van der Waals surface area contributed by atoms with Crippen LogP contribution in [0.2, 0.25) is 0 Å². The molecule has 9 heteroatoms. The standard InChI is InChI=1S/C19H23FN6OS/c1-13-9-10-14(12-16(13)20)18-21-17(27-23-18)8-5-11-28-19-22-24-25-26(19)15-6-3-2-4-7-15/h9-10,12,15H,2-8,11H2,1H3. The van der Waals surface area contributed by atoms with Crippen LogP contribution in [0.5, 0.6) is 0 Å². The third-order valence-corrected chi connectivity index (χ3v) is 6.07. The Balaban J connectivity index is 1.29. The van der Waals surface area contributed by atoms with Crippen LogP contribution in [0, 0.1) is 12.7 Å². The minimum atomic E-state index is -0.268. The predicted octanol–water partition coefficient (Wildman–Crippen LogP) is 4.40. The summed E-state index contributed by atoms with van der Waals surface area (Å²) in [5, 5.41) is 17.1. The minimum absolute atomic E-state index is 0.268. The molecule has 0 radical (unpaired) electrons. The fourth-order valence-corrected chi connectivity index (χ4v) is 4.31. The van der Waals surface area contributed by atoms with Crippen molar-refractivity contribution in [3.8, 4) is 11.4 Å². The highest BCUT2D eigenvalue weighted by atomic mass is 32.2. The Labute approximate surface area is 167 Å². The van der Waals surface area contributed by atoms with Crippen LogP contribution in [0.4, 0.5) is 4.39 Å². The summed E-state index contributed by atoms with van der Waals surface area (Å²) in [5.41, 5.74) is 1.22. The zero-order valence-electron chi connectivity index (χ0n) is 15.8. The summed E-state index contributed by atoms with van der Waals surface area (Å²) >= 11 is 1.66. The van der Waals surface area contributed by atoms with Gasteiger partial charge in [0.25, 0.3) is 0 Å². The number of aryl methyl sites for hydroxylation is 2. The second-order valence-electron chi connectivity index (χ2n) is 7.13. The molecular formula is C19H23FN6OS. The molecule has 1 fully saturated rings. The average molecular weight is 402 g/mol. The van der Waals surface area contributed by atoms with Crippen molar-refractivity contribution in [3.63, 3.8) is 0 Å². The number of halogens is 1. The van der Waals surface area contributed by atoms with Gasteiger partial charge in [-0.05, 0) is 48.2 Å². The summed E-state index contributed by atoms with van der Waals surface area (Å²) in [6, 6.07) is 5.38. The summed E-state index contributed by atoms with van der Waals surface area (Å²) in [6.07, 6.45) is 7.65. The van der Waals surface area contributed by atoms with Gasteiger partial charge in [0.1, 0.15) is 5.82 Å². The number of hydrogen-bond donors (Lipinski definition) is 0. The second kappa shape index (κ2) is 8.81. The molecule has 3 aromatic rings. The highest BCUT2D eigenvalue weighted by Gasteiger charge is 2.20. The Kier molecular flexibility index (Phi) is 5.99. The van der Waals surface area contributed by atoms with Crippen molar-refractivity contribution in [1.82, 2.24) is 30.3 Å². The average Bonchev–Trinajstić information content (AvgIpc) is 3.38. The first kappa shape index (κ1) is 19.0. The van der Waals surface area contributed by atoms with Crippen LogP contribution in [0.15, 0.2) is 27.9 Å². The molecule has 148 valence electrons. The van der Waals surface area contributed by atoms with E-state index in [1.165, 1.54) is 25.3 Å². The summed E-state index contributed by atoms with van der Waals surface area (Å²) in [6.45, 7) is 1.73. The van der Waals surface area contributed by atoms with Crippen LogP contribution in [0.25, 0.3) is 11.4 Å². The zero-order valence-corrected chi connectivity index (χ0v) is 16.7. The van der Waals surface area contributed by atoms with Gasteiger partial charge in [0, 0.05) is 17.7 Å². The maximum Gasteiger partial charge on any atom is 0.226 e. The monoisotopic (exact) mass is 402 g/mol. The lowest BCUT2D eigenvalue weighted by Crippen LogP contribution is -2.15. The number of hydrogen-bond acceptors (Lipinski definition) is 7. The molecule has 0 unspecified atom stereocenters. The Bertz CT molecular complexity index is 921. The van der Waals surface area contributed by atoms with E-state index in [1.54, 1.807) is 30.8 Å². The lowest BCUT2D eigenvalue weighted by atomic mass is 9.96. The smallest absolute Gasteiger partial charge is 0.226 e. The van der Waals surface area contributed by atoms with Gasteiger partial charge in [-0.15, -0.1) is 5.10 Å². The van der Waals surface area contributed by atoms with Crippen molar-refractivity contribution in [2.75, 3.05) is 5.75 Å². The van der Waals surface area contributed by atoms with E-state index in [4.69, 9.17) is 4.52 Å². The molecular weight excluding hydrogens is 379 g/mol. The van der Waals surface area contributed by atoms with Gasteiger partial charge in [0.05, 0.1) is 6.04 Å². The summed E-state index contributed by atoms with van der Waals surface area (Å²) < 4.78 is 21.0. The SMILES string of the molecule is Cc1ccc(-c2noc(CCCSc3nnnn3C3CCCCC3)n2)cc1F. The molecule has 1 aliphatic rings. The minimum Gasteiger partial charge on any atom is -0.339 e. The lowest BCUT2D eigenvalue weighted by molar-refractivity contribution is 0.307. The summed E-state index contributed by atoms with van der Waals surface area (Å²) in [4.78, 5) is 4.38. The molecule has 1 aromatic carbocycles. The first-order chi connectivity index (χ1) is 13.7. The predicted molar refractivity (Wildman–Crippen MR) is 103 cm³/mol. The molecule has 7 nitrogen and oxygen atoms in total. The number of aromatic nitrogens is 6. The lowest BCUT2D eigenvalue weighted by Gasteiger charge is -2.21. The molecule has 1 saturated carbocycles. The first-order valence-corrected chi connectivity index (χ1v) is 10.7. The summed E-state index contributed by atoms with van der Waals surface area (Å²) in [5.74, 6) is 1.58. The second-order valence-corrected chi connectivity index (χ2v) is 8.19. The van der Waals surface area contributed by atoms with Gasteiger partial charge in [-0.2, -0.15) is 4.98 Å². The normalized spacial score (nSPS) is 15.2. The van der Waals surface area contributed by atoms with Crippen molar-refractivity contribution in [2.45, 2.75) is 63.1 Å². The van der Waals surface area contributed by atoms with Crippen LogP contribution < -0.4 is 0 Å². The van der Waals surface area contributed by atoms with Crippen molar-refractivity contribution >= 4 is 11.8 Å². The van der Waals surface area contributed by atoms with E-state index in [2.05, 4.69) is 25.7 Å². The molecule has 0 N–H and O–H groups in total. The van der Waals surface area contributed by atoms with Gasteiger partial charge in [0.2, 0.25) is 16.9 Å². The quantitative estimate of drug-likeness (QED) is 0.428. The van der Waals surface area contributed by atoms with Crippen LogP contribution in [0.3, 0.4) is 0 Å². The van der Waals surface area contributed by atoms with Gasteiger partial charge < -0.3 is 4.52 Å². The van der Waals surface area contributed by atoms with E-state index in [-0.39, 0.29) is 5.82 Å². The van der Waals surface area contributed by atoms with E-state index in [0.29, 0.717) is 35.3 Å². The summed E-state index contributed by atoms with van der Waals surface area (Å²) in [7, 11) is 0. The number of rotatable bonds is 7. The van der Waals surface area contributed by atoms with Crippen LogP contribution in [0.1, 0.15) is 56.0 Å². The fourth-order valence-electron chi connectivity index (χ4n) is 3.43. The maximum absolute atomic E-state index is 13.7. The maximum atomic E-state index is 13.7. The Morgan fingerprint density at radius 2 is 2.11 bits per heavy atom. The largest absolute Gasteiger partial charge is 0.339 e. The van der Waals surface area contributed by atoms with Crippen LogP contribution in [-0.4, -0.2) is 36.1 Å². The van der Waals surface area contributed by atoms with Crippen LogP contribution >= 0.6 is 11.8 Å². The molecule has 1 aliphatic carbocycles. The molecule has 0 amide bonds. The third-order valence-electron chi connectivity index (χ3n) is 5.05. The molecule has 0 saturated heterocycles. The molecule has 0 atom stereocenters. The topological polar surface area (TPSA) is 82.5 Å².